The summed E-state index contributed by atoms with van der Waals surface area (Å²) >= 11 is 0. The van der Waals surface area contributed by atoms with E-state index < -0.39 is 9.04 Å². The van der Waals surface area contributed by atoms with Crippen molar-refractivity contribution in [3.8, 4) is 5.75 Å². The smallest absolute Gasteiger partial charge is 0.229 e. The van der Waals surface area contributed by atoms with E-state index in [4.69, 9.17) is 4.43 Å². The molecule has 4 nitrogen and oxygen atoms in total. The van der Waals surface area contributed by atoms with Crippen molar-refractivity contribution in [2.45, 2.75) is 19.5 Å². The zero-order valence-electron chi connectivity index (χ0n) is 11.2. The van der Waals surface area contributed by atoms with Crippen molar-refractivity contribution in [2.75, 3.05) is 0 Å². The normalized spacial score (nSPS) is 11.1. The summed E-state index contributed by atoms with van der Waals surface area (Å²) in [4.78, 5) is 12.5. The average Bonchev–Trinajstić information content (AvgIpc) is 2.41. The number of aromatic nitrogens is 2. The van der Waals surface area contributed by atoms with Gasteiger partial charge in [-0.05, 0) is 31.3 Å². The summed E-state index contributed by atoms with van der Waals surface area (Å²) in [5, 5.41) is 0. The van der Waals surface area contributed by atoms with Crippen LogP contribution in [0.25, 0.3) is 0 Å². The number of benzene rings is 1. The molecule has 0 amide bonds. The monoisotopic (exact) mass is 271 g/mol. The quantitative estimate of drug-likeness (QED) is 0.620. The average molecular weight is 271 g/mol. The van der Waals surface area contributed by atoms with Gasteiger partial charge in [0.2, 0.25) is 9.04 Å². The van der Waals surface area contributed by atoms with Crippen LogP contribution in [0, 0.1) is 0 Å². The SMILES string of the molecule is C[SiH](C)Oc1ccccc1N=CCc1ccncn1. The van der Waals surface area contributed by atoms with Crippen molar-refractivity contribution in [3.05, 3.63) is 48.5 Å². The van der Waals surface area contributed by atoms with Crippen LogP contribution in [0.1, 0.15) is 5.69 Å². The molecule has 2 rings (SSSR count). The number of nitrogens with zero attached hydrogens (tertiary/aromatic N) is 3. The molecule has 0 unspecified atom stereocenters. The number of hydrogen-bond donors (Lipinski definition) is 0. The summed E-state index contributed by atoms with van der Waals surface area (Å²) in [6, 6.07) is 9.74. The van der Waals surface area contributed by atoms with Gasteiger partial charge in [0, 0.05) is 24.5 Å². The summed E-state index contributed by atoms with van der Waals surface area (Å²) in [5.74, 6) is 0.864. The molecule has 0 atom stereocenters. The van der Waals surface area contributed by atoms with Crippen LogP contribution < -0.4 is 4.43 Å². The third-order valence-electron chi connectivity index (χ3n) is 2.40. The summed E-state index contributed by atoms with van der Waals surface area (Å²) in [6.45, 7) is 4.28. The van der Waals surface area contributed by atoms with Gasteiger partial charge in [-0.1, -0.05) is 12.1 Å². The molecule has 1 aromatic carbocycles. The summed E-state index contributed by atoms with van der Waals surface area (Å²) in [7, 11) is -1.11. The van der Waals surface area contributed by atoms with Crippen molar-refractivity contribution in [1.29, 1.82) is 0 Å². The molecule has 1 aromatic heterocycles. The highest BCUT2D eigenvalue weighted by Gasteiger charge is 2.03. The molecule has 0 saturated carbocycles. The maximum Gasteiger partial charge on any atom is 0.229 e. The van der Waals surface area contributed by atoms with Crippen LogP contribution in [-0.2, 0) is 6.42 Å². The molecule has 19 heavy (non-hydrogen) atoms. The second-order valence-corrected chi connectivity index (χ2v) is 6.68. The van der Waals surface area contributed by atoms with Gasteiger partial charge in [-0.2, -0.15) is 0 Å². The standard InChI is InChI=1S/C14H17N3OSi/c1-19(2)18-14-6-4-3-5-13(14)16-10-8-12-7-9-15-11-17-12/h3-7,9-11,19H,8H2,1-2H3. The van der Waals surface area contributed by atoms with Crippen LogP contribution in [-0.4, -0.2) is 25.2 Å². The fraction of sp³-hybridized carbons (Fsp3) is 0.214. The predicted octanol–water partition coefficient (Wildman–Crippen LogP) is 2.78. The topological polar surface area (TPSA) is 47.4 Å². The van der Waals surface area contributed by atoms with Gasteiger partial charge in [-0.25, -0.2) is 9.97 Å². The fourth-order valence-electron chi connectivity index (χ4n) is 1.59. The Balaban J connectivity index is 2.06. The second-order valence-electron chi connectivity index (χ2n) is 4.35. The minimum Gasteiger partial charge on any atom is -0.546 e. The van der Waals surface area contributed by atoms with E-state index in [1.165, 1.54) is 0 Å². The number of aliphatic imine (C=N–C) groups is 1. The molecular formula is C14H17N3OSi. The van der Waals surface area contributed by atoms with Gasteiger partial charge in [0.05, 0.1) is 0 Å². The Morgan fingerprint density at radius 2 is 2.11 bits per heavy atom. The first kappa shape index (κ1) is 13.4. The van der Waals surface area contributed by atoms with Gasteiger partial charge in [-0.15, -0.1) is 0 Å². The van der Waals surface area contributed by atoms with E-state index in [0.29, 0.717) is 6.42 Å². The van der Waals surface area contributed by atoms with E-state index >= 15 is 0 Å². The van der Waals surface area contributed by atoms with Crippen LogP contribution in [0.4, 0.5) is 5.69 Å². The van der Waals surface area contributed by atoms with E-state index in [-0.39, 0.29) is 0 Å². The molecule has 0 radical (unpaired) electrons. The van der Waals surface area contributed by atoms with Gasteiger partial charge < -0.3 is 4.43 Å². The van der Waals surface area contributed by atoms with E-state index in [9.17, 15) is 0 Å². The van der Waals surface area contributed by atoms with Crippen LogP contribution in [0.2, 0.25) is 13.1 Å². The van der Waals surface area contributed by atoms with Crippen molar-refractivity contribution >= 4 is 20.9 Å². The van der Waals surface area contributed by atoms with Crippen molar-refractivity contribution in [1.82, 2.24) is 9.97 Å². The molecule has 1 heterocycles. The highest BCUT2D eigenvalue weighted by atomic mass is 28.3. The molecule has 0 spiro atoms. The second kappa shape index (κ2) is 6.80. The van der Waals surface area contributed by atoms with Gasteiger partial charge >= 0.3 is 0 Å². The van der Waals surface area contributed by atoms with Crippen LogP contribution in [0.3, 0.4) is 0 Å². The number of hydrogen-bond acceptors (Lipinski definition) is 4. The first-order chi connectivity index (χ1) is 9.25. The number of para-hydroxylation sites is 2. The Kier molecular flexibility index (Phi) is 4.80. The van der Waals surface area contributed by atoms with Gasteiger partial charge in [-0.3, -0.25) is 4.99 Å². The van der Waals surface area contributed by atoms with E-state index in [2.05, 4.69) is 28.1 Å². The first-order valence-corrected chi connectivity index (χ1v) is 9.07. The Bertz CT molecular complexity index is 543. The molecule has 0 fully saturated rings. The maximum absolute atomic E-state index is 5.85. The molecule has 0 N–H and O–H groups in total. The minimum atomic E-state index is -1.11. The number of rotatable bonds is 5. The zero-order chi connectivity index (χ0) is 13.5. The van der Waals surface area contributed by atoms with E-state index in [1.807, 2.05) is 36.5 Å². The van der Waals surface area contributed by atoms with Gasteiger partial charge in [0.25, 0.3) is 0 Å². The largest absolute Gasteiger partial charge is 0.546 e. The van der Waals surface area contributed by atoms with Crippen molar-refractivity contribution < 1.29 is 4.43 Å². The third-order valence-corrected chi connectivity index (χ3v) is 3.13. The highest BCUT2D eigenvalue weighted by Crippen LogP contribution is 2.26. The fourth-order valence-corrected chi connectivity index (χ4v) is 2.30. The van der Waals surface area contributed by atoms with Crippen LogP contribution in [0.15, 0.2) is 47.8 Å². The molecular weight excluding hydrogens is 254 g/mol. The lowest BCUT2D eigenvalue weighted by Gasteiger charge is -2.11. The molecule has 0 saturated heterocycles. The molecule has 5 heteroatoms. The molecule has 0 aliphatic heterocycles. The predicted molar refractivity (Wildman–Crippen MR) is 79.8 cm³/mol. The Hall–Kier alpha value is -2.01. The summed E-state index contributed by atoms with van der Waals surface area (Å²) in [5.41, 5.74) is 1.83. The van der Waals surface area contributed by atoms with E-state index in [0.717, 1.165) is 17.1 Å². The maximum atomic E-state index is 5.85. The highest BCUT2D eigenvalue weighted by molar-refractivity contribution is 6.49. The van der Waals surface area contributed by atoms with Crippen LogP contribution >= 0.6 is 0 Å². The van der Waals surface area contributed by atoms with E-state index in [1.54, 1.807) is 12.5 Å². The van der Waals surface area contributed by atoms with Crippen molar-refractivity contribution in [3.63, 3.8) is 0 Å². The molecule has 0 aliphatic rings. The minimum absolute atomic E-state index is 0.690. The summed E-state index contributed by atoms with van der Waals surface area (Å²) in [6.07, 6.45) is 5.82. The zero-order valence-corrected chi connectivity index (χ0v) is 12.3. The molecule has 0 aliphatic carbocycles. The third kappa shape index (κ3) is 4.29. The van der Waals surface area contributed by atoms with Crippen molar-refractivity contribution in [2.24, 2.45) is 4.99 Å². The van der Waals surface area contributed by atoms with Crippen LogP contribution in [0.5, 0.6) is 5.75 Å². The molecule has 0 bridgehead atoms. The Morgan fingerprint density at radius 1 is 1.26 bits per heavy atom. The molecule has 98 valence electrons. The lowest BCUT2D eigenvalue weighted by atomic mass is 10.3. The lowest BCUT2D eigenvalue weighted by molar-refractivity contribution is 0.582. The molecule has 2 aromatic rings. The summed E-state index contributed by atoms with van der Waals surface area (Å²) < 4.78 is 5.85. The van der Waals surface area contributed by atoms with Gasteiger partial charge in [0.15, 0.2) is 0 Å². The lowest BCUT2D eigenvalue weighted by Crippen LogP contribution is -2.11. The Morgan fingerprint density at radius 3 is 2.84 bits per heavy atom. The first-order valence-electron chi connectivity index (χ1n) is 6.29. The van der Waals surface area contributed by atoms with Gasteiger partial charge in [0.1, 0.15) is 17.8 Å². The Labute approximate surface area is 114 Å².